The molecule has 0 aromatic heterocycles. The van der Waals surface area contributed by atoms with E-state index in [0.29, 0.717) is 0 Å². The van der Waals surface area contributed by atoms with Crippen LogP contribution in [0.4, 0.5) is 0 Å². The fourth-order valence-electron chi connectivity index (χ4n) is 0.968. The third-order valence-corrected chi connectivity index (χ3v) is 1.71. The molecule has 0 aromatic rings. The Kier molecular flexibility index (Phi) is 1.89. The topological polar surface area (TPSA) is 101 Å². The van der Waals surface area contributed by atoms with Crippen molar-refractivity contribution in [2.45, 2.75) is 18.1 Å². The molecule has 1 heterocycles. The van der Waals surface area contributed by atoms with E-state index in [0.717, 1.165) is 0 Å². The molecule has 1 rings (SSSR count). The van der Waals surface area contributed by atoms with Gasteiger partial charge in [-0.05, 0) is 0 Å². The van der Waals surface area contributed by atoms with E-state index in [4.69, 9.17) is 16.6 Å². The van der Waals surface area contributed by atoms with Gasteiger partial charge in [-0.25, -0.2) is 0 Å². The Bertz CT molecular complexity index is 150. The van der Waals surface area contributed by atoms with Gasteiger partial charge in [0.15, 0.2) is 0 Å². The van der Waals surface area contributed by atoms with Crippen LogP contribution in [0.1, 0.15) is 0 Å². The largest absolute Gasteiger partial charge is 0.394 e. The zero-order valence-corrected chi connectivity index (χ0v) is 5.45. The van der Waals surface area contributed by atoms with Gasteiger partial charge in [0.05, 0.1) is 18.7 Å². The van der Waals surface area contributed by atoms with Gasteiger partial charge in [-0.3, -0.25) is 4.79 Å². The van der Waals surface area contributed by atoms with Crippen molar-refractivity contribution < 1.29 is 9.90 Å². The third kappa shape index (κ3) is 0.985. The average Bonchev–Trinajstić information content (AvgIpc) is 2.17. The SMILES string of the molecule is NC1C(=O)NC(CO)C1N. The number of nitrogens with one attached hydrogen (secondary N) is 1. The summed E-state index contributed by atoms with van der Waals surface area (Å²) in [5.41, 5.74) is 10.8. The van der Waals surface area contributed by atoms with E-state index in [1.807, 2.05) is 0 Å². The summed E-state index contributed by atoms with van der Waals surface area (Å²) in [6, 6.07) is -1.50. The van der Waals surface area contributed by atoms with Gasteiger partial charge in [-0.1, -0.05) is 0 Å². The first-order chi connectivity index (χ1) is 4.66. The van der Waals surface area contributed by atoms with Crippen LogP contribution >= 0.6 is 0 Å². The summed E-state index contributed by atoms with van der Waals surface area (Å²) in [6.45, 7) is -0.152. The minimum atomic E-state index is -0.669. The van der Waals surface area contributed by atoms with Crippen LogP contribution in [-0.2, 0) is 4.79 Å². The number of aliphatic hydroxyl groups excluding tert-OH is 1. The van der Waals surface area contributed by atoms with E-state index in [1.165, 1.54) is 0 Å². The standard InChI is InChI=1S/C5H11N3O2/c6-3-2(1-9)8-5(10)4(3)7/h2-4,9H,1,6-7H2,(H,8,10). The zero-order chi connectivity index (χ0) is 7.72. The highest BCUT2D eigenvalue weighted by Gasteiger charge is 2.36. The first-order valence-corrected chi connectivity index (χ1v) is 3.09. The van der Waals surface area contributed by atoms with Crippen molar-refractivity contribution in [1.82, 2.24) is 5.32 Å². The lowest BCUT2D eigenvalue weighted by Crippen LogP contribution is -2.46. The summed E-state index contributed by atoms with van der Waals surface area (Å²) in [6.07, 6.45) is 0. The number of rotatable bonds is 1. The van der Waals surface area contributed by atoms with Crippen molar-refractivity contribution in [1.29, 1.82) is 0 Å². The summed E-state index contributed by atoms with van der Waals surface area (Å²) in [4.78, 5) is 10.7. The van der Waals surface area contributed by atoms with Gasteiger partial charge < -0.3 is 21.9 Å². The molecule has 0 saturated carbocycles. The zero-order valence-electron chi connectivity index (χ0n) is 5.45. The van der Waals surface area contributed by atoms with Crippen LogP contribution in [0, 0.1) is 0 Å². The lowest BCUT2D eigenvalue weighted by atomic mass is 10.1. The van der Waals surface area contributed by atoms with Gasteiger partial charge in [-0.15, -0.1) is 0 Å². The highest BCUT2D eigenvalue weighted by Crippen LogP contribution is 2.03. The van der Waals surface area contributed by atoms with Gasteiger partial charge in [0.2, 0.25) is 5.91 Å². The van der Waals surface area contributed by atoms with Gasteiger partial charge in [0, 0.05) is 0 Å². The maximum atomic E-state index is 10.7. The van der Waals surface area contributed by atoms with Crippen LogP contribution < -0.4 is 16.8 Å². The molecule has 1 aliphatic rings. The molecule has 0 bridgehead atoms. The van der Waals surface area contributed by atoms with Gasteiger partial charge in [0.25, 0.3) is 0 Å². The molecule has 0 aromatic carbocycles. The quantitative estimate of drug-likeness (QED) is 0.318. The van der Waals surface area contributed by atoms with Crippen LogP contribution in [-0.4, -0.2) is 35.7 Å². The second-order valence-corrected chi connectivity index (χ2v) is 2.40. The van der Waals surface area contributed by atoms with Crippen LogP contribution in [0.2, 0.25) is 0 Å². The second-order valence-electron chi connectivity index (χ2n) is 2.40. The van der Waals surface area contributed by atoms with E-state index in [1.54, 1.807) is 0 Å². The molecule has 3 unspecified atom stereocenters. The molecule has 1 aliphatic heterocycles. The van der Waals surface area contributed by atoms with Crippen molar-refractivity contribution >= 4 is 5.91 Å². The van der Waals surface area contributed by atoms with E-state index in [2.05, 4.69) is 5.32 Å². The molecule has 5 heteroatoms. The molecular formula is C5H11N3O2. The Morgan fingerprint density at radius 3 is 2.40 bits per heavy atom. The number of aliphatic hydroxyl groups is 1. The van der Waals surface area contributed by atoms with E-state index in [-0.39, 0.29) is 18.6 Å². The number of carbonyl (C=O) groups excluding carboxylic acids is 1. The molecule has 0 aliphatic carbocycles. The second kappa shape index (κ2) is 2.53. The van der Waals surface area contributed by atoms with Crippen molar-refractivity contribution in [3.8, 4) is 0 Å². The van der Waals surface area contributed by atoms with Crippen molar-refractivity contribution in [2.24, 2.45) is 11.5 Å². The van der Waals surface area contributed by atoms with E-state index >= 15 is 0 Å². The molecule has 0 spiro atoms. The molecule has 0 radical (unpaired) electrons. The lowest BCUT2D eigenvalue weighted by Gasteiger charge is -2.11. The molecular weight excluding hydrogens is 134 g/mol. The first kappa shape index (κ1) is 7.46. The first-order valence-electron chi connectivity index (χ1n) is 3.09. The predicted molar refractivity (Wildman–Crippen MR) is 35.0 cm³/mol. The minimum absolute atomic E-state index is 0.152. The number of nitrogens with two attached hydrogens (primary N) is 2. The fourth-order valence-corrected chi connectivity index (χ4v) is 0.968. The molecule has 10 heavy (non-hydrogen) atoms. The van der Waals surface area contributed by atoms with E-state index in [9.17, 15) is 4.79 Å². The van der Waals surface area contributed by atoms with Crippen molar-refractivity contribution in [2.75, 3.05) is 6.61 Å². The Hall–Kier alpha value is -0.650. The Morgan fingerprint density at radius 2 is 2.20 bits per heavy atom. The number of carbonyl (C=O) groups is 1. The molecule has 5 nitrogen and oxygen atoms in total. The summed E-state index contributed by atoms with van der Waals surface area (Å²) in [5, 5.41) is 11.1. The molecule has 1 fully saturated rings. The van der Waals surface area contributed by atoms with Gasteiger partial charge >= 0.3 is 0 Å². The molecule has 1 amide bonds. The fraction of sp³-hybridized carbons (Fsp3) is 0.800. The van der Waals surface area contributed by atoms with Crippen LogP contribution in [0.3, 0.4) is 0 Å². The lowest BCUT2D eigenvalue weighted by molar-refractivity contribution is -0.120. The monoisotopic (exact) mass is 145 g/mol. The maximum absolute atomic E-state index is 10.7. The third-order valence-electron chi connectivity index (χ3n) is 1.71. The van der Waals surface area contributed by atoms with Crippen molar-refractivity contribution in [3.05, 3.63) is 0 Å². The van der Waals surface area contributed by atoms with E-state index < -0.39 is 12.1 Å². The number of hydrogen-bond donors (Lipinski definition) is 4. The minimum Gasteiger partial charge on any atom is -0.394 e. The normalized spacial score (nSPS) is 39.9. The highest BCUT2D eigenvalue weighted by atomic mass is 16.3. The Morgan fingerprint density at radius 1 is 1.60 bits per heavy atom. The Balaban J connectivity index is 2.61. The molecule has 6 N–H and O–H groups in total. The molecule has 58 valence electrons. The Labute approximate surface area is 58.4 Å². The summed E-state index contributed by atoms with van der Waals surface area (Å²) < 4.78 is 0. The van der Waals surface area contributed by atoms with Crippen LogP contribution in [0.15, 0.2) is 0 Å². The van der Waals surface area contributed by atoms with Crippen LogP contribution in [0.5, 0.6) is 0 Å². The summed E-state index contributed by atoms with van der Waals surface area (Å²) in [5.74, 6) is -0.286. The molecule has 1 saturated heterocycles. The summed E-state index contributed by atoms with van der Waals surface area (Å²) in [7, 11) is 0. The smallest absolute Gasteiger partial charge is 0.238 e. The highest BCUT2D eigenvalue weighted by molar-refractivity contribution is 5.85. The average molecular weight is 145 g/mol. The number of hydrogen-bond acceptors (Lipinski definition) is 4. The van der Waals surface area contributed by atoms with Gasteiger partial charge in [-0.2, -0.15) is 0 Å². The summed E-state index contributed by atoms with van der Waals surface area (Å²) >= 11 is 0. The number of amides is 1. The molecule has 3 atom stereocenters. The maximum Gasteiger partial charge on any atom is 0.238 e. The van der Waals surface area contributed by atoms with Crippen molar-refractivity contribution in [3.63, 3.8) is 0 Å². The predicted octanol–water partition coefficient (Wildman–Crippen LogP) is -2.87. The van der Waals surface area contributed by atoms with Crippen LogP contribution in [0.25, 0.3) is 0 Å². The van der Waals surface area contributed by atoms with Gasteiger partial charge in [0.1, 0.15) is 6.04 Å².